The maximum Gasteiger partial charge on any atom is 0.275 e. The zero-order valence-electron chi connectivity index (χ0n) is 10.7. The Balaban J connectivity index is 1.51. The number of rotatable bonds is 3. The van der Waals surface area contributed by atoms with Crippen LogP contribution in [0.2, 0.25) is 0 Å². The van der Waals surface area contributed by atoms with Gasteiger partial charge in [0.2, 0.25) is 0 Å². The molecule has 0 atom stereocenters. The fraction of sp³-hybridized carbons (Fsp3) is 0.214. The molecule has 0 aliphatic carbocycles. The number of aromatic nitrogens is 1. The van der Waals surface area contributed by atoms with Crippen LogP contribution in [0, 0.1) is 0 Å². The maximum absolute atomic E-state index is 11.9. The third-order valence-electron chi connectivity index (χ3n) is 3.19. The summed E-state index contributed by atoms with van der Waals surface area (Å²) in [7, 11) is 0. The maximum atomic E-state index is 11.9. The summed E-state index contributed by atoms with van der Waals surface area (Å²) in [6.45, 7) is 0.981. The molecule has 3 rings (SSSR count). The van der Waals surface area contributed by atoms with Gasteiger partial charge in [-0.3, -0.25) is 9.59 Å². The van der Waals surface area contributed by atoms with Crippen LogP contribution in [0.25, 0.3) is 0 Å². The lowest BCUT2D eigenvalue weighted by molar-refractivity contribution is 0.0537. The number of carbonyl (C=O) groups excluding carboxylic acids is 2. The second-order valence-corrected chi connectivity index (χ2v) is 4.62. The Bertz CT molecular complexity index is 604. The van der Waals surface area contributed by atoms with E-state index in [0.717, 1.165) is 0 Å². The smallest absolute Gasteiger partial charge is 0.275 e. The molecule has 20 heavy (non-hydrogen) atoms. The van der Waals surface area contributed by atoms with Gasteiger partial charge in [-0.05, 0) is 12.1 Å². The molecule has 1 N–H and O–H groups in total. The first kappa shape index (κ1) is 12.4. The van der Waals surface area contributed by atoms with Gasteiger partial charge in [0, 0.05) is 18.7 Å². The Labute approximate surface area is 115 Å². The second-order valence-electron chi connectivity index (χ2n) is 4.62. The van der Waals surface area contributed by atoms with Crippen molar-refractivity contribution in [3.05, 3.63) is 54.2 Å². The molecular formula is C14H13N3O3. The number of hydrogen-bond acceptors (Lipinski definition) is 4. The minimum atomic E-state index is -0.177. The lowest BCUT2D eigenvalue weighted by atomic mass is 10.1. The summed E-state index contributed by atoms with van der Waals surface area (Å²) in [4.78, 5) is 29.2. The van der Waals surface area contributed by atoms with Crippen LogP contribution in [-0.2, 0) is 0 Å². The molecular weight excluding hydrogens is 258 g/mol. The minimum absolute atomic E-state index is 0.0152. The topological polar surface area (TPSA) is 75.4 Å². The molecule has 0 bridgehead atoms. The van der Waals surface area contributed by atoms with E-state index in [1.807, 2.05) is 18.2 Å². The first-order valence-electron chi connectivity index (χ1n) is 6.27. The van der Waals surface area contributed by atoms with Crippen molar-refractivity contribution >= 4 is 11.8 Å². The van der Waals surface area contributed by atoms with Gasteiger partial charge in [0.25, 0.3) is 11.8 Å². The number of hydrogen-bond donors (Lipinski definition) is 1. The zero-order chi connectivity index (χ0) is 13.9. The van der Waals surface area contributed by atoms with E-state index in [2.05, 4.69) is 10.3 Å². The predicted molar refractivity (Wildman–Crippen MR) is 70.1 cm³/mol. The van der Waals surface area contributed by atoms with Crippen LogP contribution >= 0.6 is 0 Å². The molecule has 1 aromatic heterocycles. The SMILES string of the molecule is O=C(NC1CN(C(=O)c2cocn2)C1)c1ccccc1. The minimum Gasteiger partial charge on any atom is -0.451 e. The molecule has 1 fully saturated rings. The molecule has 0 radical (unpaired) electrons. The van der Waals surface area contributed by atoms with Crippen molar-refractivity contribution in [1.29, 1.82) is 0 Å². The quantitative estimate of drug-likeness (QED) is 0.901. The van der Waals surface area contributed by atoms with E-state index >= 15 is 0 Å². The van der Waals surface area contributed by atoms with Gasteiger partial charge in [-0.2, -0.15) is 0 Å². The molecule has 0 saturated carbocycles. The number of benzene rings is 1. The van der Waals surface area contributed by atoms with Crippen LogP contribution in [0.1, 0.15) is 20.8 Å². The van der Waals surface area contributed by atoms with Crippen molar-refractivity contribution in [2.75, 3.05) is 13.1 Å². The third-order valence-corrected chi connectivity index (χ3v) is 3.19. The zero-order valence-corrected chi connectivity index (χ0v) is 10.7. The Morgan fingerprint density at radius 3 is 2.65 bits per heavy atom. The molecule has 6 heteroatoms. The van der Waals surface area contributed by atoms with Crippen LogP contribution in [0.5, 0.6) is 0 Å². The number of amides is 2. The van der Waals surface area contributed by atoms with E-state index in [4.69, 9.17) is 4.42 Å². The average molecular weight is 271 g/mol. The van der Waals surface area contributed by atoms with Crippen molar-refractivity contribution in [3.63, 3.8) is 0 Å². The van der Waals surface area contributed by atoms with Crippen molar-refractivity contribution in [2.45, 2.75) is 6.04 Å². The van der Waals surface area contributed by atoms with E-state index in [1.165, 1.54) is 12.7 Å². The standard InChI is InChI=1S/C14H13N3O3/c18-13(10-4-2-1-3-5-10)16-11-6-17(7-11)14(19)12-8-20-9-15-12/h1-5,8-9,11H,6-7H2,(H,16,18). The summed E-state index contributed by atoms with van der Waals surface area (Å²) in [6, 6.07) is 8.99. The fourth-order valence-corrected chi connectivity index (χ4v) is 2.07. The number of nitrogens with zero attached hydrogens (tertiary/aromatic N) is 2. The van der Waals surface area contributed by atoms with Crippen molar-refractivity contribution in [3.8, 4) is 0 Å². The molecule has 102 valence electrons. The highest BCUT2D eigenvalue weighted by molar-refractivity contribution is 5.95. The van der Waals surface area contributed by atoms with Gasteiger partial charge in [-0.25, -0.2) is 4.98 Å². The van der Waals surface area contributed by atoms with Gasteiger partial charge in [-0.1, -0.05) is 18.2 Å². The molecule has 6 nitrogen and oxygen atoms in total. The van der Waals surface area contributed by atoms with E-state index in [-0.39, 0.29) is 23.6 Å². The van der Waals surface area contributed by atoms with Crippen molar-refractivity contribution in [1.82, 2.24) is 15.2 Å². The lowest BCUT2D eigenvalue weighted by Crippen LogP contribution is -2.61. The van der Waals surface area contributed by atoms with Gasteiger partial charge in [0.1, 0.15) is 6.26 Å². The Hall–Kier alpha value is -2.63. The summed E-state index contributed by atoms with van der Waals surface area (Å²) >= 11 is 0. The first-order chi connectivity index (χ1) is 9.74. The molecule has 2 aromatic rings. The molecule has 0 spiro atoms. The number of oxazole rings is 1. The largest absolute Gasteiger partial charge is 0.451 e. The number of nitrogens with one attached hydrogen (secondary N) is 1. The summed E-state index contributed by atoms with van der Waals surface area (Å²) in [5, 5.41) is 2.89. The Morgan fingerprint density at radius 2 is 2.00 bits per heavy atom. The van der Waals surface area contributed by atoms with Crippen LogP contribution in [-0.4, -0.2) is 40.8 Å². The van der Waals surface area contributed by atoms with Crippen LogP contribution in [0.15, 0.2) is 47.4 Å². The van der Waals surface area contributed by atoms with E-state index in [1.54, 1.807) is 17.0 Å². The van der Waals surface area contributed by atoms with Crippen molar-refractivity contribution < 1.29 is 14.0 Å². The summed E-state index contributed by atoms with van der Waals surface area (Å²) < 4.78 is 4.78. The Kier molecular flexibility index (Phi) is 3.20. The van der Waals surface area contributed by atoms with Gasteiger partial charge in [0.15, 0.2) is 12.1 Å². The van der Waals surface area contributed by atoms with Crippen LogP contribution < -0.4 is 5.32 Å². The molecule has 1 aromatic carbocycles. The second kappa shape index (κ2) is 5.16. The fourth-order valence-electron chi connectivity index (χ4n) is 2.07. The van der Waals surface area contributed by atoms with Crippen molar-refractivity contribution in [2.24, 2.45) is 0 Å². The molecule has 2 heterocycles. The lowest BCUT2D eigenvalue weighted by Gasteiger charge is -2.39. The highest BCUT2D eigenvalue weighted by atomic mass is 16.3. The normalized spacial score (nSPS) is 14.7. The molecule has 2 amide bonds. The molecule has 1 aliphatic rings. The molecule has 1 aliphatic heterocycles. The van der Waals surface area contributed by atoms with E-state index in [0.29, 0.717) is 18.7 Å². The van der Waals surface area contributed by atoms with Gasteiger partial charge >= 0.3 is 0 Å². The van der Waals surface area contributed by atoms with Crippen LogP contribution in [0.3, 0.4) is 0 Å². The first-order valence-corrected chi connectivity index (χ1v) is 6.27. The monoisotopic (exact) mass is 271 g/mol. The van der Waals surface area contributed by atoms with Crippen LogP contribution in [0.4, 0.5) is 0 Å². The molecule has 1 saturated heterocycles. The average Bonchev–Trinajstić information content (AvgIpc) is 2.96. The van der Waals surface area contributed by atoms with Gasteiger partial charge in [-0.15, -0.1) is 0 Å². The number of carbonyl (C=O) groups is 2. The van der Waals surface area contributed by atoms with E-state index in [9.17, 15) is 9.59 Å². The summed E-state index contributed by atoms with van der Waals surface area (Å²) in [5.41, 5.74) is 0.909. The highest BCUT2D eigenvalue weighted by Gasteiger charge is 2.33. The number of likely N-dealkylation sites (tertiary alicyclic amines) is 1. The third kappa shape index (κ3) is 2.40. The Morgan fingerprint density at radius 1 is 1.25 bits per heavy atom. The van der Waals surface area contributed by atoms with Gasteiger partial charge in [0.05, 0.1) is 6.04 Å². The molecule has 0 unspecified atom stereocenters. The summed E-state index contributed by atoms with van der Waals surface area (Å²) in [5.74, 6) is -0.298. The van der Waals surface area contributed by atoms with Gasteiger partial charge < -0.3 is 14.6 Å². The van der Waals surface area contributed by atoms with E-state index < -0.39 is 0 Å². The highest BCUT2D eigenvalue weighted by Crippen LogP contribution is 2.13. The summed E-state index contributed by atoms with van der Waals surface area (Å²) in [6.07, 6.45) is 2.54. The predicted octanol–water partition coefficient (Wildman–Crippen LogP) is 0.929.